The Bertz CT molecular complexity index is 340. The van der Waals surface area contributed by atoms with Crippen LogP contribution < -0.4 is 11.7 Å². The largest absolute Gasteiger partial charge is 0.507 e. The van der Waals surface area contributed by atoms with E-state index in [9.17, 15) is 14.9 Å². The third-order valence-corrected chi connectivity index (χ3v) is 1.35. The van der Waals surface area contributed by atoms with Gasteiger partial charge in [0.15, 0.2) is 6.29 Å². The number of phenolic OH excluding ortho intramolecular Hbond substituents is 1. The van der Waals surface area contributed by atoms with Crippen molar-refractivity contribution in [1.29, 1.82) is 0 Å². The highest BCUT2D eigenvalue weighted by Gasteiger charge is 2.08. The summed E-state index contributed by atoms with van der Waals surface area (Å²) in [5, 5.41) is 19.2. The van der Waals surface area contributed by atoms with Gasteiger partial charge in [0.25, 0.3) is 5.69 Å². The van der Waals surface area contributed by atoms with Crippen molar-refractivity contribution in [3.63, 3.8) is 0 Å². The molecule has 1 rings (SSSR count). The molecule has 0 aliphatic heterocycles. The Labute approximate surface area is 79.1 Å². The molecule has 0 aromatic heterocycles. The highest BCUT2D eigenvalue weighted by molar-refractivity contribution is 5.80. The first-order valence-electron chi connectivity index (χ1n) is 3.41. The van der Waals surface area contributed by atoms with Crippen molar-refractivity contribution in [3.8, 4) is 5.75 Å². The molecular weight excluding hydrogens is 190 g/mol. The quantitative estimate of drug-likeness (QED) is 0.264. The summed E-state index contributed by atoms with van der Waals surface area (Å²) in [4.78, 5) is 19.8. The van der Waals surface area contributed by atoms with Crippen LogP contribution in [0.1, 0.15) is 10.4 Å². The molecular formula is C7H9N3O4. The molecule has 0 aliphatic rings. The number of hydrogen-bond donors (Lipinski definition) is 3. The van der Waals surface area contributed by atoms with Crippen molar-refractivity contribution in [1.82, 2.24) is 0 Å². The zero-order chi connectivity index (χ0) is 11.1. The van der Waals surface area contributed by atoms with Gasteiger partial charge in [-0.2, -0.15) is 0 Å². The Morgan fingerprint density at radius 1 is 1.43 bits per heavy atom. The van der Waals surface area contributed by atoms with Crippen LogP contribution >= 0.6 is 0 Å². The highest BCUT2D eigenvalue weighted by Crippen LogP contribution is 2.20. The first-order chi connectivity index (χ1) is 6.65. The normalized spacial score (nSPS) is 8.43. The van der Waals surface area contributed by atoms with Crippen molar-refractivity contribution in [2.45, 2.75) is 0 Å². The lowest BCUT2D eigenvalue weighted by Gasteiger charge is -1.95. The number of aldehydes is 1. The average Bonchev–Trinajstić information content (AvgIpc) is 2.21. The summed E-state index contributed by atoms with van der Waals surface area (Å²) in [6.07, 6.45) is 0.363. The number of nitrogens with two attached hydrogens (primary N) is 2. The number of nitro benzene ring substituents is 1. The lowest BCUT2D eigenvalue weighted by atomic mass is 10.2. The molecule has 0 spiro atoms. The molecule has 0 radical (unpaired) electrons. The maximum Gasteiger partial charge on any atom is 0.270 e. The minimum absolute atomic E-state index is 0.0794. The molecule has 14 heavy (non-hydrogen) atoms. The van der Waals surface area contributed by atoms with E-state index in [2.05, 4.69) is 11.7 Å². The van der Waals surface area contributed by atoms with E-state index in [1.807, 2.05) is 0 Å². The van der Waals surface area contributed by atoms with Crippen LogP contribution in [0.2, 0.25) is 0 Å². The van der Waals surface area contributed by atoms with Crippen LogP contribution in [0.4, 0.5) is 5.69 Å². The summed E-state index contributed by atoms with van der Waals surface area (Å²) >= 11 is 0. The fourth-order valence-electron chi connectivity index (χ4n) is 0.750. The van der Waals surface area contributed by atoms with E-state index in [-0.39, 0.29) is 17.0 Å². The molecule has 0 unspecified atom stereocenters. The molecule has 76 valence electrons. The zero-order valence-electron chi connectivity index (χ0n) is 7.08. The van der Waals surface area contributed by atoms with Gasteiger partial charge < -0.3 is 5.11 Å². The van der Waals surface area contributed by atoms with Crippen molar-refractivity contribution in [2.24, 2.45) is 11.7 Å². The Morgan fingerprint density at radius 3 is 2.43 bits per heavy atom. The fraction of sp³-hybridized carbons (Fsp3) is 0. The molecule has 1 aromatic carbocycles. The molecule has 0 saturated heterocycles. The third-order valence-electron chi connectivity index (χ3n) is 1.35. The van der Waals surface area contributed by atoms with E-state index in [0.717, 1.165) is 18.2 Å². The minimum Gasteiger partial charge on any atom is -0.507 e. The van der Waals surface area contributed by atoms with Crippen molar-refractivity contribution in [3.05, 3.63) is 33.9 Å². The zero-order valence-corrected chi connectivity index (χ0v) is 7.08. The fourth-order valence-corrected chi connectivity index (χ4v) is 0.750. The number of rotatable bonds is 2. The smallest absolute Gasteiger partial charge is 0.270 e. The predicted octanol–water partition coefficient (Wildman–Crippen LogP) is -0.0683. The average molecular weight is 199 g/mol. The Kier molecular flexibility index (Phi) is 4.82. The predicted molar refractivity (Wildman–Crippen MR) is 48.5 cm³/mol. The molecule has 1 aromatic rings. The summed E-state index contributed by atoms with van der Waals surface area (Å²) in [5.74, 6) is 7.75. The number of hydrazine groups is 1. The number of phenols is 1. The van der Waals surface area contributed by atoms with Gasteiger partial charge >= 0.3 is 0 Å². The molecule has 0 aliphatic carbocycles. The number of nitrogens with zero attached hydrogens (tertiary/aromatic N) is 1. The second kappa shape index (κ2) is 5.62. The molecule has 7 heteroatoms. The van der Waals surface area contributed by atoms with E-state index in [4.69, 9.17) is 5.11 Å². The number of aromatic hydroxyl groups is 1. The van der Waals surface area contributed by atoms with Crippen LogP contribution in [0.5, 0.6) is 5.75 Å². The number of carbonyl (C=O) groups is 1. The summed E-state index contributed by atoms with van der Waals surface area (Å²) in [6, 6.07) is 3.26. The Balaban J connectivity index is 0.000000791. The second-order valence-electron chi connectivity index (χ2n) is 2.12. The van der Waals surface area contributed by atoms with E-state index >= 15 is 0 Å². The van der Waals surface area contributed by atoms with Gasteiger partial charge in [-0.1, -0.05) is 0 Å². The third kappa shape index (κ3) is 2.81. The Hall–Kier alpha value is -1.99. The first-order valence-corrected chi connectivity index (χ1v) is 3.41. The van der Waals surface area contributed by atoms with Gasteiger partial charge in [-0.25, -0.2) is 0 Å². The molecule has 7 nitrogen and oxygen atoms in total. The van der Waals surface area contributed by atoms with Crippen molar-refractivity contribution >= 4 is 12.0 Å². The lowest BCUT2D eigenvalue weighted by molar-refractivity contribution is -0.384. The van der Waals surface area contributed by atoms with Crippen LogP contribution in [0.3, 0.4) is 0 Å². The van der Waals surface area contributed by atoms with Crippen LogP contribution in [0, 0.1) is 10.1 Å². The number of non-ortho nitro benzene ring substituents is 1. The van der Waals surface area contributed by atoms with E-state index in [1.54, 1.807) is 0 Å². The van der Waals surface area contributed by atoms with Crippen LogP contribution in [-0.2, 0) is 0 Å². The molecule has 0 heterocycles. The van der Waals surface area contributed by atoms with Crippen molar-refractivity contribution < 1.29 is 14.8 Å². The van der Waals surface area contributed by atoms with Gasteiger partial charge in [-0.05, 0) is 6.07 Å². The monoisotopic (exact) mass is 199 g/mol. The summed E-state index contributed by atoms with van der Waals surface area (Å²) in [5.41, 5.74) is -0.292. The number of nitro groups is 1. The van der Waals surface area contributed by atoms with Crippen LogP contribution in [0.15, 0.2) is 18.2 Å². The van der Waals surface area contributed by atoms with E-state index in [1.165, 1.54) is 0 Å². The van der Waals surface area contributed by atoms with Gasteiger partial charge in [0.1, 0.15) is 5.75 Å². The molecule has 0 saturated carbocycles. The van der Waals surface area contributed by atoms with Gasteiger partial charge in [0.05, 0.1) is 10.5 Å². The van der Waals surface area contributed by atoms with Gasteiger partial charge in [0, 0.05) is 12.1 Å². The lowest BCUT2D eigenvalue weighted by Crippen LogP contribution is -2.02. The molecule has 0 atom stereocenters. The highest BCUT2D eigenvalue weighted by atomic mass is 16.6. The summed E-state index contributed by atoms with van der Waals surface area (Å²) in [6.45, 7) is 0. The number of carbonyl (C=O) groups excluding carboxylic acids is 1. The standard InChI is InChI=1S/C7H5NO4.H4N2/c9-4-5-3-6(8(11)12)1-2-7(5)10;1-2/h1-4,10H;1-2H2. The van der Waals surface area contributed by atoms with E-state index in [0.29, 0.717) is 6.29 Å². The summed E-state index contributed by atoms with van der Waals surface area (Å²) in [7, 11) is 0. The van der Waals surface area contributed by atoms with E-state index < -0.39 is 4.92 Å². The second-order valence-corrected chi connectivity index (χ2v) is 2.12. The van der Waals surface area contributed by atoms with Crippen molar-refractivity contribution in [2.75, 3.05) is 0 Å². The topological polar surface area (TPSA) is 132 Å². The molecule has 5 N–H and O–H groups in total. The minimum atomic E-state index is -0.633. The SMILES string of the molecule is NN.O=Cc1cc([N+](=O)[O-])ccc1O. The molecule has 0 amide bonds. The van der Waals surface area contributed by atoms with Gasteiger partial charge in [-0.3, -0.25) is 26.6 Å². The Morgan fingerprint density at radius 2 is 2.00 bits per heavy atom. The maximum atomic E-state index is 10.2. The number of hydrogen-bond acceptors (Lipinski definition) is 6. The van der Waals surface area contributed by atoms with Gasteiger partial charge in [-0.15, -0.1) is 0 Å². The van der Waals surface area contributed by atoms with Crippen LogP contribution in [-0.4, -0.2) is 16.3 Å². The van der Waals surface area contributed by atoms with Crippen LogP contribution in [0.25, 0.3) is 0 Å². The maximum absolute atomic E-state index is 10.2. The van der Waals surface area contributed by atoms with Gasteiger partial charge in [0.2, 0.25) is 0 Å². The first kappa shape index (κ1) is 12.0. The number of benzene rings is 1. The molecule has 0 fully saturated rings. The molecule has 0 bridgehead atoms. The summed E-state index contributed by atoms with van der Waals surface area (Å²) < 4.78 is 0.